The standard InChI is InChI=1S/C17H23NO2/c1-3-7-16(4-2)18-17(20)15-11-9-14(10-12-15)8-5-6-13-19/h9-12,16,19H,3-4,6-7,13H2,1-2H3,(H,18,20). The van der Waals surface area contributed by atoms with E-state index in [2.05, 4.69) is 31.0 Å². The number of aliphatic hydroxyl groups excluding tert-OH is 1. The SMILES string of the molecule is CCCC(CC)NC(=O)c1ccc(C#CCCO)cc1. The van der Waals surface area contributed by atoms with Crippen LogP contribution in [0.2, 0.25) is 0 Å². The molecular formula is C17H23NO2. The molecule has 1 unspecified atom stereocenters. The van der Waals surface area contributed by atoms with Gasteiger partial charge in [0.25, 0.3) is 5.91 Å². The molecular weight excluding hydrogens is 250 g/mol. The fourth-order valence-corrected chi connectivity index (χ4v) is 1.92. The maximum atomic E-state index is 12.1. The predicted octanol–water partition coefficient (Wildman–Crippen LogP) is 2.73. The lowest BCUT2D eigenvalue weighted by Gasteiger charge is -2.15. The number of amides is 1. The largest absolute Gasteiger partial charge is 0.395 e. The lowest BCUT2D eigenvalue weighted by atomic mass is 10.1. The Morgan fingerprint density at radius 1 is 1.30 bits per heavy atom. The van der Waals surface area contributed by atoms with Gasteiger partial charge in [0.1, 0.15) is 0 Å². The van der Waals surface area contributed by atoms with Gasteiger partial charge < -0.3 is 10.4 Å². The average molecular weight is 273 g/mol. The molecule has 1 amide bonds. The summed E-state index contributed by atoms with van der Waals surface area (Å²) in [5, 5.41) is 11.7. The van der Waals surface area contributed by atoms with Crippen molar-refractivity contribution >= 4 is 5.91 Å². The molecule has 0 bridgehead atoms. The third-order valence-corrected chi connectivity index (χ3v) is 3.08. The normalized spacial score (nSPS) is 11.3. The Kier molecular flexibility index (Phi) is 7.46. The summed E-state index contributed by atoms with van der Waals surface area (Å²) < 4.78 is 0. The van der Waals surface area contributed by atoms with Crippen LogP contribution in [0.1, 0.15) is 55.5 Å². The van der Waals surface area contributed by atoms with E-state index < -0.39 is 0 Å². The highest BCUT2D eigenvalue weighted by Gasteiger charge is 2.10. The zero-order valence-electron chi connectivity index (χ0n) is 12.3. The van der Waals surface area contributed by atoms with Crippen molar-refractivity contribution < 1.29 is 9.90 Å². The maximum Gasteiger partial charge on any atom is 0.251 e. The van der Waals surface area contributed by atoms with Crippen molar-refractivity contribution in [2.75, 3.05) is 6.61 Å². The van der Waals surface area contributed by atoms with E-state index >= 15 is 0 Å². The van der Waals surface area contributed by atoms with Crippen LogP contribution in [0.4, 0.5) is 0 Å². The Morgan fingerprint density at radius 3 is 2.55 bits per heavy atom. The molecule has 1 atom stereocenters. The van der Waals surface area contributed by atoms with Crippen molar-refractivity contribution in [3.8, 4) is 11.8 Å². The molecule has 0 aliphatic heterocycles. The van der Waals surface area contributed by atoms with E-state index in [1.54, 1.807) is 12.1 Å². The minimum atomic E-state index is -0.0276. The molecule has 108 valence electrons. The fraction of sp³-hybridized carbons (Fsp3) is 0.471. The van der Waals surface area contributed by atoms with Crippen molar-refractivity contribution in [1.29, 1.82) is 0 Å². The van der Waals surface area contributed by atoms with Gasteiger partial charge in [-0.15, -0.1) is 0 Å². The molecule has 20 heavy (non-hydrogen) atoms. The van der Waals surface area contributed by atoms with Crippen LogP contribution >= 0.6 is 0 Å². The van der Waals surface area contributed by atoms with Gasteiger partial charge in [-0.2, -0.15) is 0 Å². The minimum Gasteiger partial charge on any atom is -0.395 e. The molecule has 0 heterocycles. The summed E-state index contributed by atoms with van der Waals surface area (Å²) in [5.74, 6) is 5.77. The number of nitrogens with one attached hydrogen (secondary N) is 1. The molecule has 2 N–H and O–H groups in total. The lowest BCUT2D eigenvalue weighted by Crippen LogP contribution is -2.34. The van der Waals surface area contributed by atoms with Crippen molar-refractivity contribution in [2.24, 2.45) is 0 Å². The summed E-state index contributed by atoms with van der Waals surface area (Å²) in [7, 11) is 0. The van der Waals surface area contributed by atoms with Gasteiger partial charge in [-0.25, -0.2) is 0 Å². The average Bonchev–Trinajstić information content (AvgIpc) is 2.47. The summed E-state index contributed by atoms with van der Waals surface area (Å²) in [6, 6.07) is 7.49. The second-order valence-corrected chi connectivity index (χ2v) is 4.72. The Hall–Kier alpha value is -1.79. The Labute approximate surface area is 121 Å². The molecule has 0 radical (unpaired) electrons. The van der Waals surface area contributed by atoms with Crippen LogP contribution in [-0.4, -0.2) is 23.7 Å². The molecule has 0 saturated heterocycles. The topological polar surface area (TPSA) is 49.3 Å². The van der Waals surface area contributed by atoms with Gasteiger partial charge in [0.05, 0.1) is 6.61 Å². The van der Waals surface area contributed by atoms with Gasteiger partial charge in [-0.3, -0.25) is 4.79 Å². The van der Waals surface area contributed by atoms with Crippen molar-refractivity contribution in [3.63, 3.8) is 0 Å². The van der Waals surface area contributed by atoms with Crippen molar-refractivity contribution in [1.82, 2.24) is 5.32 Å². The third kappa shape index (κ3) is 5.46. The molecule has 0 saturated carbocycles. The van der Waals surface area contributed by atoms with Crippen LogP contribution in [0.15, 0.2) is 24.3 Å². The number of rotatable bonds is 6. The molecule has 0 aromatic heterocycles. The van der Waals surface area contributed by atoms with Crippen LogP contribution in [0.25, 0.3) is 0 Å². The number of hydrogen-bond acceptors (Lipinski definition) is 2. The zero-order chi connectivity index (χ0) is 14.8. The van der Waals surface area contributed by atoms with E-state index in [9.17, 15) is 4.79 Å². The van der Waals surface area contributed by atoms with E-state index in [1.807, 2.05) is 12.1 Å². The summed E-state index contributed by atoms with van der Waals surface area (Å²) >= 11 is 0. The first-order valence-corrected chi connectivity index (χ1v) is 7.21. The van der Waals surface area contributed by atoms with Gasteiger partial charge in [0.2, 0.25) is 0 Å². The van der Waals surface area contributed by atoms with Gasteiger partial charge in [0.15, 0.2) is 0 Å². The second-order valence-electron chi connectivity index (χ2n) is 4.72. The molecule has 3 heteroatoms. The van der Waals surface area contributed by atoms with E-state index in [0.29, 0.717) is 12.0 Å². The Morgan fingerprint density at radius 2 is 2.00 bits per heavy atom. The summed E-state index contributed by atoms with van der Waals surface area (Å²) in [5.41, 5.74) is 1.52. The molecule has 3 nitrogen and oxygen atoms in total. The summed E-state index contributed by atoms with van der Waals surface area (Å²) in [6.45, 7) is 4.28. The van der Waals surface area contributed by atoms with Gasteiger partial charge >= 0.3 is 0 Å². The Balaban J connectivity index is 2.64. The first kappa shape index (κ1) is 16.3. The summed E-state index contributed by atoms with van der Waals surface area (Å²) in [4.78, 5) is 12.1. The molecule has 0 aliphatic rings. The van der Waals surface area contributed by atoms with Crippen LogP contribution in [0, 0.1) is 11.8 Å². The van der Waals surface area contributed by atoms with E-state index in [1.165, 1.54) is 0 Å². The first-order chi connectivity index (χ1) is 9.71. The monoisotopic (exact) mass is 273 g/mol. The number of carbonyl (C=O) groups excluding carboxylic acids is 1. The smallest absolute Gasteiger partial charge is 0.251 e. The van der Waals surface area contributed by atoms with Crippen LogP contribution < -0.4 is 5.32 Å². The van der Waals surface area contributed by atoms with E-state index in [4.69, 9.17) is 5.11 Å². The molecule has 0 aliphatic carbocycles. The van der Waals surface area contributed by atoms with Gasteiger partial charge in [-0.05, 0) is 37.1 Å². The summed E-state index contributed by atoms with van der Waals surface area (Å²) in [6.07, 6.45) is 3.49. The highest BCUT2D eigenvalue weighted by molar-refractivity contribution is 5.94. The minimum absolute atomic E-state index is 0.0276. The van der Waals surface area contributed by atoms with Crippen LogP contribution in [0.3, 0.4) is 0 Å². The van der Waals surface area contributed by atoms with Crippen LogP contribution in [0.5, 0.6) is 0 Å². The number of benzene rings is 1. The molecule has 0 spiro atoms. The van der Waals surface area contributed by atoms with Crippen molar-refractivity contribution in [3.05, 3.63) is 35.4 Å². The lowest BCUT2D eigenvalue weighted by molar-refractivity contribution is 0.0933. The van der Waals surface area contributed by atoms with Gasteiger partial charge in [-0.1, -0.05) is 32.1 Å². The van der Waals surface area contributed by atoms with E-state index in [-0.39, 0.29) is 18.6 Å². The van der Waals surface area contributed by atoms with E-state index in [0.717, 1.165) is 24.8 Å². The highest BCUT2D eigenvalue weighted by atomic mass is 16.2. The number of hydrogen-bond donors (Lipinski definition) is 2. The number of aliphatic hydroxyl groups is 1. The second kappa shape index (κ2) is 9.17. The van der Waals surface area contributed by atoms with Crippen molar-refractivity contribution in [2.45, 2.75) is 45.6 Å². The maximum absolute atomic E-state index is 12.1. The molecule has 1 aromatic rings. The Bertz CT molecular complexity index is 468. The first-order valence-electron chi connectivity index (χ1n) is 7.21. The number of carbonyl (C=O) groups is 1. The van der Waals surface area contributed by atoms with Crippen LogP contribution in [-0.2, 0) is 0 Å². The quantitative estimate of drug-likeness (QED) is 0.783. The zero-order valence-corrected chi connectivity index (χ0v) is 12.3. The third-order valence-electron chi connectivity index (χ3n) is 3.08. The molecule has 1 rings (SSSR count). The fourth-order valence-electron chi connectivity index (χ4n) is 1.92. The molecule has 1 aromatic carbocycles. The highest BCUT2D eigenvalue weighted by Crippen LogP contribution is 2.06. The molecule has 0 fully saturated rings. The van der Waals surface area contributed by atoms with Gasteiger partial charge in [0, 0.05) is 23.6 Å². The predicted molar refractivity (Wildman–Crippen MR) is 81.5 cm³/mol.